The molecule has 3 heterocycles. The highest BCUT2D eigenvalue weighted by Gasteiger charge is 2.05. The SMILES string of the molecule is Cc1cccc2nc(Cn3cnc(C#N)n3)cn12. The molecule has 0 saturated carbocycles. The summed E-state index contributed by atoms with van der Waals surface area (Å²) in [5, 5.41) is 12.7. The molecule has 0 aromatic carbocycles. The fourth-order valence-electron chi connectivity index (χ4n) is 1.86. The second-order valence-corrected chi connectivity index (χ2v) is 4.01. The molecule has 0 radical (unpaired) electrons. The number of fused-ring (bicyclic) bond motifs is 1. The summed E-state index contributed by atoms with van der Waals surface area (Å²) >= 11 is 0. The number of hydrogen-bond acceptors (Lipinski definition) is 4. The monoisotopic (exact) mass is 238 g/mol. The van der Waals surface area contributed by atoms with Gasteiger partial charge in [0.2, 0.25) is 0 Å². The van der Waals surface area contributed by atoms with E-state index in [0.717, 1.165) is 17.0 Å². The maximum Gasteiger partial charge on any atom is 0.252 e. The van der Waals surface area contributed by atoms with Crippen molar-refractivity contribution in [1.82, 2.24) is 24.1 Å². The Hall–Kier alpha value is -2.68. The molecule has 0 amide bonds. The number of aromatic nitrogens is 5. The highest BCUT2D eigenvalue weighted by atomic mass is 15.3. The van der Waals surface area contributed by atoms with E-state index in [1.165, 1.54) is 6.33 Å². The van der Waals surface area contributed by atoms with Crippen LogP contribution in [0.15, 0.2) is 30.7 Å². The Morgan fingerprint density at radius 3 is 3.00 bits per heavy atom. The minimum absolute atomic E-state index is 0.176. The summed E-state index contributed by atoms with van der Waals surface area (Å²) in [6.07, 6.45) is 3.51. The quantitative estimate of drug-likeness (QED) is 0.671. The Bertz CT molecular complexity index is 745. The van der Waals surface area contributed by atoms with Gasteiger partial charge in [0.15, 0.2) is 0 Å². The van der Waals surface area contributed by atoms with Gasteiger partial charge in [0, 0.05) is 11.9 Å². The summed E-state index contributed by atoms with van der Waals surface area (Å²) < 4.78 is 3.63. The van der Waals surface area contributed by atoms with Crippen LogP contribution in [-0.4, -0.2) is 24.1 Å². The van der Waals surface area contributed by atoms with E-state index in [1.54, 1.807) is 4.68 Å². The van der Waals surface area contributed by atoms with Crippen LogP contribution in [0, 0.1) is 18.3 Å². The van der Waals surface area contributed by atoms with Gasteiger partial charge in [-0.1, -0.05) is 6.07 Å². The average molecular weight is 238 g/mol. The van der Waals surface area contributed by atoms with Crippen LogP contribution in [0.25, 0.3) is 5.65 Å². The summed E-state index contributed by atoms with van der Waals surface area (Å²) in [6.45, 7) is 2.54. The van der Waals surface area contributed by atoms with E-state index in [2.05, 4.69) is 15.1 Å². The lowest BCUT2D eigenvalue weighted by atomic mass is 10.4. The van der Waals surface area contributed by atoms with Gasteiger partial charge < -0.3 is 4.40 Å². The first kappa shape index (κ1) is 10.5. The topological polar surface area (TPSA) is 71.8 Å². The number of imidazole rings is 1. The van der Waals surface area contributed by atoms with Crippen molar-refractivity contribution in [3.63, 3.8) is 0 Å². The zero-order valence-corrected chi connectivity index (χ0v) is 9.78. The van der Waals surface area contributed by atoms with Gasteiger partial charge in [0.1, 0.15) is 18.0 Å². The lowest BCUT2D eigenvalue weighted by Gasteiger charge is -1.96. The minimum Gasteiger partial charge on any atom is -0.304 e. The van der Waals surface area contributed by atoms with Crippen LogP contribution < -0.4 is 0 Å². The van der Waals surface area contributed by atoms with Crippen LogP contribution in [0.1, 0.15) is 17.2 Å². The first-order valence-corrected chi connectivity index (χ1v) is 5.49. The third-order valence-corrected chi connectivity index (χ3v) is 2.71. The molecule has 6 nitrogen and oxygen atoms in total. The third-order valence-electron chi connectivity index (χ3n) is 2.71. The fourth-order valence-corrected chi connectivity index (χ4v) is 1.86. The minimum atomic E-state index is 0.176. The smallest absolute Gasteiger partial charge is 0.252 e. The van der Waals surface area contributed by atoms with Crippen molar-refractivity contribution in [2.24, 2.45) is 0 Å². The van der Waals surface area contributed by atoms with Gasteiger partial charge in [-0.05, 0) is 19.1 Å². The molecule has 0 fully saturated rings. The first-order chi connectivity index (χ1) is 8.76. The van der Waals surface area contributed by atoms with Crippen molar-refractivity contribution in [1.29, 1.82) is 5.26 Å². The van der Waals surface area contributed by atoms with E-state index >= 15 is 0 Å². The first-order valence-electron chi connectivity index (χ1n) is 5.49. The second kappa shape index (κ2) is 3.96. The molecule has 3 rings (SSSR count). The molecule has 3 aromatic heterocycles. The van der Waals surface area contributed by atoms with Crippen molar-refractivity contribution in [2.45, 2.75) is 13.5 Å². The molecule has 0 aliphatic heterocycles. The van der Waals surface area contributed by atoms with Gasteiger partial charge >= 0.3 is 0 Å². The maximum atomic E-state index is 8.66. The predicted molar refractivity (Wildman–Crippen MR) is 63.8 cm³/mol. The van der Waals surface area contributed by atoms with Crippen molar-refractivity contribution in [2.75, 3.05) is 0 Å². The second-order valence-electron chi connectivity index (χ2n) is 4.01. The number of rotatable bonds is 2. The lowest BCUT2D eigenvalue weighted by molar-refractivity contribution is 0.671. The van der Waals surface area contributed by atoms with Gasteiger partial charge in [-0.2, -0.15) is 5.26 Å². The molecule has 0 unspecified atom stereocenters. The summed E-state index contributed by atoms with van der Waals surface area (Å²) in [6, 6.07) is 7.86. The van der Waals surface area contributed by atoms with E-state index in [0.29, 0.717) is 6.54 Å². The largest absolute Gasteiger partial charge is 0.304 e. The zero-order valence-electron chi connectivity index (χ0n) is 9.78. The molecule has 0 atom stereocenters. The van der Waals surface area contributed by atoms with Gasteiger partial charge in [0.05, 0.1) is 12.2 Å². The summed E-state index contributed by atoms with van der Waals surface area (Å²) in [7, 11) is 0. The summed E-state index contributed by atoms with van der Waals surface area (Å²) in [5.74, 6) is 0.176. The molecule has 6 heteroatoms. The van der Waals surface area contributed by atoms with E-state index in [1.807, 2.05) is 41.8 Å². The summed E-state index contributed by atoms with van der Waals surface area (Å²) in [5.41, 5.74) is 2.92. The van der Waals surface area contributed by atoms with E-state index < -0.39 is 0 Å². The number of hydrogen-bond donors (Lipinski definition) is 0. The Morgan fingerprint density at radius 1 is 1.39 bits per heavy atom. The van der Waals surface area contributed by atoms with Crippen LogP contribution in [0.4, 0.5) is 0 Å². The van der Waals surface area contributed by atoms with Crippen molar-refractivity contribution in [3.8, 4) is 6.07 Å². The molecule has 0 aliphatic carbocycles. The van der Waals surface area contributed by atoms with Gasteiger partial charge in [0.25, 0.3) is 5.82 Å². The number of nitriles is 1. The molecule has 0 bridgehead atoms. The summed E-state index contributed by atoms with van der Waals surface area (Å²) in [4.78, 5) is 8.35. The van der Waals surface area contributed by atoms with E-state index in [-0.39, 0.29) is 5.82 Å². The molecule has 88 valence electrons. The molecular weight excluding hydrogens is 228 g/mol. The van der Waals surface area contributed by atoms with E-state index in [9.17, 15) is 0 Å². The van der Waals surface area contributed by atoms with Crippen LogP contribution >= 0.6 is 0 Å². The lowest BCUT2D eigenvalue weighted by Crippen LogP contribution is -2.00. The van der Waals surface area contributed by atoms with Crippen LogP contribution in [0.2, 0.25) is 0 Å². The number of nitrogens with zero attached hydrogens (tertiary/aromatic N) is 6. The van der Waals surface area contributed by atoms with Crippen LogP contribution in [-0.2, 0) is 6.54 Å². The standard InChI is InChI=1S/C12H10N6/c1-9-3-2-4-12-15-10(7-18(9)12)6-17-8-14-11(5-13)16-17/h2-4,7-8H,6H2,1H3. The highest BCUT2D eigenvalue weighted by Crippen LogP contribution is 2.09. The van der Waals surface area contributed by atoms with Crippen molar-refractivity contribution in [3.05, 3.63) is 47.9 Å². The molecule has 3 aromatic rings. The average Bonchev–Trinajstić information content (AvgIpc) is 2.96. The molecular formula is C12H10N6. The van der Waals surface area contributed by atoms with E-state index in [4.69, 9.17) is 5.26 Å². The molecule has 18 heavy (non-hydrogen) atoms. The molecule has 0 saturated heterocycles. The van der Waals surface area contributed by atoms with Crippen molar-refractivity contribution < 1.29 is 0 Å². The third kappa shape index (κ3) is 1.72. The number of aryl methyl sites for hydroxylation is 1. The van der Waals surface area contributed by atoms with Crippen LogP contribution in [0.5, 0.6) is 0 Å². The van der Waals surface area contributed by atoms with Gasteiger partial charge in [-0.3, -0.25) is 0 Å². The van der Waals surface area contributed by atoms with Crippen molar-refractivity contribution >= 4 is 5.65 Å². The fraction of sp³-hybridized carbons (Fsp3) is 0.167. The van der Waals surface area contributed by atoms with Gasteiger partial charge in [-0.15, -0.1) is 5.10 Å². The Morgan fingerprint density at radius 2 is 2.28 bits per heavy atom. The Kier molecular flexibility index (Phi) is 2.31. The normalized spacial score (nSPS) is 10.7. The predicted octanol–water partition coefficient (Wildman–Crippen LogP) is 1.15. The van der Waals surface area contributed by atoms with Crippen LogP contribution in [0.3, 0.4) is 0 Å². The maximum absolute atomic E-state index is 8.66. The molecule has 0 aliphatic rings. The Labute approximate surface area is 103 Å². The molecule has 0 N–H and O–H groups in total. The van der Waals surface area contributed by atoms with Gasteiger partial charge in [-0.25, -0.2) is 14.6 Å². The molecule has 0 spiro atoms. The number of pyridine rings is 1. The highest BCUT2D eigenvalue weighted by molar-refractivity contribution is 5.41. The Balaban J connectivity index is 1.96. The zero-order chi connectivity index (χ0) is 12.5.